The van der Waals surface area contributed by atoms with Crippen LogP contribution in [0.4, 0.5) is 4.79 Å². The van der Waals surface area contributed by atoms with Gasteiger partial charge in [0.1, 0.15) is 6.10 Å². The largest absolute Gasteiger partial charge is 0.438 e. The molecule has 4 N–H and O–H groups in total. The molecule has 2 saturated carbocycles. The molecular weight excluding hydrogens is 386 g/mol. The lowest BCUT2D eigenvalue weighted by molar-refractivity contribution is -0.190. The van der Waals surface area contributed by atoms with E-state index >= 15 is 0 Å². The third kappa shape index (κ3) is 2.43. The smallest absolute Gasteiger partial charge is 0.407 e. The zero-order chi connectivity index (χ0) is 22.2. The summed E-state index contributed by atoms with van der Waals surface area (Å²) in [6, 6.07) is 0. The van der Waals surface area contributed by atoms with Gasteiger partial charge in [-0.25, -0.2) is 4.79 Å². The molecule has 4 aliphatic carbocycles. The molecule has 4 aliphatic rings. The summed E-state index contributed by atoms with van der Waals surface area (Å²) in [6.07, 6.45) is 0.677. The number of ether oxygens (including phenoxy) is 1. The van der Waals surface area contributed by atoms with E-state index in [0.717, 1.165) is 6.42 Å². The fourth-order valence-electron chi connectivity index (χ4n) is 6.89. The Bertz CT molecular complexity index is 847. The Hall–Kier alpha value is -1.70. The van der Waals surface area contributed by atoms with Crippen LogP contribution >= 0.6 is 0 Å². The molecule has 0 heterocycles. The van der Waals surface area contributed by atoms with Gasteiger partial charge < -0.3 is 25.4 Å². The highest BCUT2D eigenvalue weighted by atomic mass is 16.6. The van der Waals surface area contributed by atoms with Gasteiger partial charge in [-0.05, 0) is 54.6 Å². The van der Waals surface area contributed by atoms with E-state index in [4.69, 9.17) is 4.74 Å². The van der Waals surface area contributed by atoms with Gasteiger partial charge in [0.2, 0.25) is 0 Å². The highest BCUT2D eigenvalue weighted by molar-refractivity contribution is 5.95. The minimum absolute atomic E-state index is 0.0189. The summed E-state index contributed by atoms with van der Waals surface area (Å²) >= 11 is 0. The number of aliphatic hydroxyl groups excluding tert-OH is 2. The normalized spacial score (nSPS) is 45.9. The highest BCUT2D eigenvalue weighted by Crippen LogP contribution is 2.71. The molecule has 166 valence electrons. The Labute approximate surface area is 177 Å². The van der Waals surface area contributed by atoms with Gasteiger partial charge in [0.05, 0.1) is 12.0 Å². The molecule has 7 heteroatoms. The van der Waals surface area contributed by atoms with Crippen molar-refractivity contribution in [1.29, 1.82) is 0 Å². The molecule has 2 bridgehead atoms. The number of rotatable bonds is 3. The molecule has 0 aromatic carbocycles. The molecule has 4 rings (SSSR count). The van der Waals surface area contributed by atoms with Crippen molar-refractivity contribution >= 4 is 11.9 Å². The molecule has 1 spiro atoms. The van der Waals surface area contributed by atoms with Crippen LogP contribution in [-0.2, 0) is 9.53 Å². The summed E-state index contributed by atoms with van der Waals surface area (Å²) in [5.41, 5.74) is -2.75. The Balaban J connectivity index is 1.90. The molecule has 0 radical (unpaired) electrons. The van der Waals surface area contributed by atoms with Gasteiger partial charge in [0.15, 0.2) is 17.5 Å². The second kappa shape index (κ2) is 6.65. The Kier molecular flexibility index (Phi) is 4.77. The molecule has 1 amide bonds. The number of alkyl carbamates (subject to hydrolysis) is 1. The first-order chi connectivity index (χ1) is 14.0. The quantitative estimate of drug-likeness (QED) is 0.516. The van der Waals surface area contributed by atoms with Crippen molar-refractivity contribution in [2.24, 2.45) is 34.5 Å². The van der Waals surface area contributed by atoms with Crippen molar-refractivity contribution in [3.8, 4) is 0 Å². The number of fused-ring (bicyclic) bond motifs is 3. The van der Waals surface area contributed by atoms with Crippen LogP contribution in [0.1, 0.15) is 41.0 Å². The van der Waals surface area contributed by atoms with Crippen LogP contribution < -0.4 is 5.32 Å². The maximum Gasteiger partial charge on any atom is 0.407 e. The van der Waals surface area contributed by atoms with E-state index in [9.17, 15) is 24.9 Å². The van der Waals surface area contributed by atoms with E-state index in [2.05, 4.69) is 19.2 Å². The van der Waals surface area contributed by atoms with Crippen LogP contribution in [-0.4, -0.2) is 58.2 Å². The summed E-state index contributed by atoms with van der Waals surface area (Å²) in [6.45, 7) is 9.56. The van der Waals surface area contributed by atoms with Gasteiger partial charge in [-0.15, -0.1) is 0 Å². The van der Waals surface area contributed by atoms with E-state index in [0.29, 0.717) is 18.0 Å². The number of carbonyl (C=O) groups excluding carboxylic acids is 2. The Morgan fingerprint density at radius 1 is 1.37 bits per heavy atom. The van der Waals surface area contributed by atoms with Crippen molar-refractivity contribution in [2.45, 2.75) is 58.8 Å². The number of hydrogen-bond donors (Lipinski definition) is 4. The first kappa shape index (κ1) is 21.5. The molecular formula is C23H33NO6. The summed E-state index contributed by atoms with van der Waals surface area (Å²) in [5, 5.41) is 36.0. The predicted molar refractivity (Wildman–Crippen MR) is 109 cm³/mol. The molecule has 2 fully saturated rings. The van der Waals surface area contributed by atoms with Crippen LogP contribution in [0.3, 0.4) is 0 Å². The van der Waals surface area contributed by atoms with E-state index in [1.165, 1.54) is 0 Å². The first-order valence-corrected chi connectivity index (χ1v) is 10.9. The Morgan fingerprint density at radius 3 is 2.63 bits per heavy atom. The highest BCUT2D eigenvalue weighted by Gasteiger charge is 2.76. The van der Waals surface area contributed by atoms with Crippen LogP contribution in [0.5, 0.6) is 0 Å². The zero-order valence-electron chi connectivity index (χ0n) is 18.3. The molecule has 0 aliphatic heterocycles. The summed E-state index contributed by atoms with van der Waals surface area (Å²) in [5.74, 6) is -0.519. The lowest BCUT2D eigenvalue weighted by Gasteiger charge is -2.48. The van der Waals surface area contributed by atoms with E-state index < -0.39 is 41.8 Å². The van der Waals surface area contributed by atoms with Crippen molar-refractivity contribution in [3.63, 3.8) is 0 Å². The number of aliphatic hydroxyl groups is 3. The standard InChI is InChI=1S/C23H33NO6/c1-6-24-20(28)30-19-11(2)9-22-12(3)7-15-16(21(15,4)5)14(18(22)27)8-13(10-25)17(26)23(19,22)29/h8-9,12,14-17,19,25-26,29H,6-7,10H2,1-5H3,(H,24,28)/t12-,14+,15-,16+,17-,19+,22+,23+/m1/s1. The number of carbonyl (C=O) groups is 2. The molecule has 0 aromatic rings. The molecule has 7 nitrogen and oxygen atoms in total. The van der Waals surface area contributed by atoms with Gasteiger partial charge in [-0.2, -0.15) is 0 Å². The maximum absolute atomic E-state index is 14.1. The van der Waals surface area contributed by atoms with Crippen molar-refractivity contribution in [3.05, 3.63) is 23.3 Å². The predicted octanol–water partition coefficient (Wildman–Crippen LogP) is 1.57. The van der Waals surface area contributed by atoms with Gasteiger partial charge in [-0.3, -0.25) is 4.79 Å². The van der Waals surface area contributed by atoms with Crippen LogP contribution in [0.25, 0.3) is 0 Å². The average molecular weight is 420 g/mol. The van der Waals surface area contributed by atoms with Crippen molar-refractivity contribution in [1.82, 2.24) is 5.32 Å². The van der Waals surface area contributed by atoms with Crippen LogP contribution in [0.15, 0.2) is 23.3 Å². The third-order valence-corrected chi connectivity index (χ3v) is 8.44. The number of nitrogens with one attached hydrogen (secondary N) is 1. The van der Waals surface area contributed by atoms with Gasteiger partial charge in [0, 0.05) is 12.5 Å². The van der Waals surface area contributed by atoms with Gasteiger partial charge >= 0.3 is 6.09 Å². The molecule has 0 unspecified atom stereocenters. The Morgan fingerprint density at radius 2 is 2.03 bits per heavy atom. The van der Waals surface area contributed by atoms with Crippen molar-refractivity contribution < 1.29 is 29.6 Å². The summed E-state index contributed by atoms with van der Waals surface area (Å²) in [4.78, 5) is 26.4. The van der Waals surface area contributed by atoms with E-state index in [-0.39, 0.29) is 28.6 Å². The lowest BCUT2D eigenvalue weighted by atomic mass is 9.59. The van der Waals surface area contributed by atoms with Crippen LogP contribution in [0.2, 0.25) is 0 Å². The number of hydrogen-bond acceptors (Lipinski definition) is 6. The number of amides is 1. The van der Waals surface area contributed by atoms with Crippen LogP contribution in [0, 0.1) is 34.5 Å². The minimum atomic E-state index is -2.08. The van der Waals surface area contributed by atoms with E-state index in [1.54, 1.807) is 26.0 Å². The average Bonchev–Trinajstić information content (AvgIpc) is 3.16. The fourth-order valence-corrected chi connectivity index (χ4v) is 6.89. The molecule has 0 saturated heterocycles. The molecule has 30 heavy (non-hydrogen) atoms. The summed E-state index contributed by atoms with van der Waals surface area (Å²) < 4.78 is 5.57. The fraction of sp³-hybridized carbons (Fsp3) is 0.739. The first-order valence-electron chi connectivity index (χ1n) is 10.9. The second-order valence-corrected chi connectivity index (χ2v) is 10.2. The monoisotopic (exact) mass is 419 g/mol. The minimum Gasteiger partial charge on any atom is -0.438 e. The lowest BCUT2D eigenvalue weighted by Crippen LogP contribution is -2.66. The second-order valence-electron chi connectivity index (χ2n) is 10.2. The maximum atomic E-state index is 14.1. The van der Waals surface area contributed by atoms with Gasteiger partial charge in [-0.1, -0.05) is 32.9 Å². The summed E-state index contributed by atoms with van der Waals surface area (Å²) in [7, 11) is 0. The van der Waals surface area contributed by atoms with Crippen molar-refractivity contribution in [2.75, 3.05) is 13.2 Å². The topological polar surface area (TPSA) is 116 Å². The number of Topliss-reactive ketones (excluding diaryl/α,β-unsaturated/α-hetero) is 1. The molecule has 0 aromatic heterocycles. The number of allylic oxidation sites excluding steroid dienone is 1. The molecule has 8 atom stereocenters. The van der Waals surface area contributed by atoms with E-state index in [1.807, 2.05) is 6.92 Å². The third-order valence-electron chi connectivity index (χ3n) is 8.44. The SMILES string of the molecule is CCNC(=O)O[C@H]1C(C)=C[C@]23C(=O)[C@@H](C=C(CO)[C@@H](O)[C@]12O)[C@H]1[C@@H](C[C@H]3C)C1(C)C. The zero-order valence-corrected chi connectivity index (χ0v) is 18.3. The number of ketones is 1. The van der Waals surface area contributed by atoms with Gasteiger partial charge in [0.25, 0.3) is 0 Å².